The van der Waals surface area contributed by atoms with Crippen molar-refractivity contribution in [2.45, 2.75) is 81.8 Å². The van der Waals surface area contributed by atoms with Gasteiger partial charge in [0, 0.05) is 80.1 Å². The minimum Gasteiger partial charge on any atom is -0.479 e. The Balaban J connectivity index is 1.02. The lowest BCUT2D eigenvalue weighted by atomic mass is 9.91. The molecule has 2 aromatic carbocycles. The first-order valence-corrected chi connectivity index (χ1v) is 22.1. The minimum absolute atomic E-state index is 0.0327. The number of anilines is 1. The van der Waals surface area contributed by atoms with Gasteiger partial charge in [0.25, 0.3) is 17.7 Å². The molecule has 2 fully saturated rings. The molecule has 20 nitrogen and oxygen atoms in total. The zero-order chi connectivity index (χ0) is 48.0. The molecule has 0 saturated carbocycles. The number of carbonyl (C=O) groups excluding carboxylic acids is 6. The number of benzene rings is 2. The Hall–Kier alpha value is -6.84. The summed E-state index contributed by atoms with van der Waals surface area (Å²) in [5.41, 5.74) is 7.76. The number of nitrogens with two attached hydrogens (primary N) is 1. The molecule has 356 valence electrons. The maximum atomic E-state index is 13.3. The molecule has 20 heteroatoms. The number of nitrogens with one attached hydrogen (secondary N) is 3. The summed E-state index contributed by atoms with van der Waals surface area (Å²) in [6.45, 7) is 1.68. The number of imide groups is 1. The van der Waals surface area contributed by atoms with E-state index in [-0.39, 0.29) is 49.3 Å². The Morgan fingerprint density at radius 1 is 0.896 bits per heavy atom. The van der Waals surface area contributed by atoms with Gasteiger partial charge in [0.05, 0.1) is 5.69 Å². The van der Waals surface area contributed by atoms with Crippen molar-refractivity contribution in [1.82, 2.24) is 20.4 Å². The highest BCUT2D eigenvalue weighted by atomic mass is 16.7. The van der Waals surface area contributed by atoms with Gasteiger partial charge in [-0.15, -0.1) is 0 Å². The average molecular weight is 927 g/mol. The summed E-state index contributed by atoms with van der Waals surface area (Å²) in [5.74, 6) is -4.14. The number of nitrogens with zero attached hydrogens (tertiary/aromatic N) is 3. The number of aliphatic hydroxyl groups excluding tert-OH is 3. The molecule has 0 radical (unpaired) electrons. The van der Waals surface area contributed by atoms with Crippen LogP contribution in [0.3, 0.4) is 0 Å². The summed E-state index contributed by atoms with van der Waals surface area (Å²) >= 11 is 0. The number of aliphatic hydroxyl groups is 3. The molecular formula is C47H56N7O13+. The van der Waals surface area contributed by atoms with Gasteiger partial charge in [0.1, 0.15) is 30.1 Å². The van der Waals surface area contributed by atoms with Gasteiger partial charge in [-0.05, 0) is 67.7 Å². The summed E-state index contributed by atoms with van der Waals surface area (Å²) in [6, 6.07) is 16.2. The van der Waals surface area contributed by atoms with E-state index in [1.54, 1.807) is 36.7 Å². The van der Waals surface area contributed by atoms with Gasteiger partial charge >= 0.3 is 5.97 Å². The van der Waals surface area contributed by atoms with Crippen LogP contribution in [0.4, 0.5) is 5.69 Å². The number of rotatable bonds is 20. The molecule has 3 aromatic rings. The summed E-state index contributed by atoms with van der Waals surface area (Å²) in [6.07, 6.45) is 3.66. The second-order valence-electron chi connectivity index (χ2n) is 16.4. The van der Waals surface area contributed by atoms with Gasteiger partial charge < -0.3 is 56.5 Å². The SMILES string of the molecule is NC[C@@H](C(=O)NCCC(=O)Nc1cc(C[n+]2cccc(/C=C/C(=O)NCCCCC3CCN(C(=O)c4ccccc4)CC3)c2)ccc1O[C@@H]1O[C@H](C(=O)O)[C@@H](O)[C@H](O)[C@H]1O)N1C(=O)C=CC1=O. The van der Waals surface area contributed by atoms with E-state index in [0.717, 1.165) is 57.3 Å². The second-order valence-corrected chi connectivity index (χ2v) is 16.4. The number of likely N-dealkylation sites (tertiary alicyclic amines) is 1. The molecular weight excluding hydrogens is 871 g/mol. The molecule has 2 saturated heterocycles. The highest BCUT2D eigenvalue weighted by Crippen LogP contribution is 2.31. The van der Waals surface area contributed by atoms with Gasteiger partial charge in [0.15, 0.2) is 25.0 Å². The number of pyridine rings is 1. The van der Waals surface area contributed by atoms with Crippen LogP contribution in [0.5, 0.6) is 5.75 Å². The number of aliphatic carboxylic acids is 1. The summed E-state index contributed by atoms with van der Waals surface area (Å²) in [4.78, 5) is 90.1. The molecule has 67 heavy (non-hydrogen) atoms. The first-order chi connectivity index (χ1) is 32.2. The van der Waals surface area contributed by atoms with Crippen LogP contribution < -0.4 is 31.0 Å². The number of hydrogen-bond acceptors (Lipinski definition) is 13. The van der Waals surface area contributed by atoms with Crippen molar-refractivity contribution < 1.29 is 68.0 Å². The second kappa shape index (κ2) is 23.6. The number of carbonyl (C=O) groups is 7. The fourth-order valence-electron chi connectivity index (χ4n) is 7.97. The van der Waals surface area contributed by atoms with E-state index in [2.05, 4.69) is 16.0 Å². The van der Waals surface area contributed by atoms with Crippen molar-refractivity contribution in [3.8, 4) is 5.75 Å². The van der Waals surface area contributed by atoms with Gasteiger partial charge in [-0.1, -0.05) is 31.0 Å². The summed E-state index contributed by atoms with van der Waals surface area (Å²) < 4.78 is 12.9. The normalized spacial score (nSPS) is 21.3. The summed E-state index contributed by atoms with van der Waals surface area (Å²) in [7, 11) is 0. The average Bonchev–Trinajstić information content (AvgIpc) is 3.65. The molecule has 6 amide bonds. The van der Waals surface area contributed by atoms with Crippen molar-refractivity contribution in [1.29, 1.82) is 0 Å². The van der Waals surface area contributed by atoms with Crippen molar-refractivity contribution in [3.05, 3.63) is 108 Å². The zero-order valence-corrected chi connectivity index (χ0v) is 36.6. The third-order valence-electron chi connectivity index (χ3n) is 11.6. The quantitative estimate of drug-likeness (QED) is 0.0317. The number of amides is 6. The van der Waals surface area contributed by atoms with Gasteiger partial charge in [-0.25, -0.2) is 9.36 Å². The molecule has 9 N–H and O–H groups in total. The van der Waals surface area contributed by atoms with Gasteiger partial charge in [0.2, 0.25) is 24.0 Å². The van der Waals surface area contributed by atoms with Crippen LogP contribution in [0, 0.1) is 5.92 Å². The molecule has 3 aliphatic heterocycles. The van der Waals surface area contributed by atoms with E-state index >= 15 is 0 Å². The first kappa shape index (κ1) is 49.6. The predicted molar refractivity (Wildman–Crippen MR) is 238 cm³/mol. The van der Waals surface area contributed by atoms with E-state index in [4.69, 9.17) is 15.2 Å². The third kappa shape index (κ3) is 13.4. The molecule has 3 aliphatic rings. The van der Waals surface area contributed by atoms with E-state index < -0.39 is 66.3 Å². The lowest BCUT2D eigenvalue weighted by Gasteiger charge is -2.38. The van der Waals surface area contributed by atoms with E-state index in [1.807, 2.05) is 45.9 Å². The van der Waals surface area contributed by atoms with Gasteiger partial charge in [-0.2, -0.15) is 0 Å². The lowest BCUT2D eigenvalue weighted by molar-refractivity contribution is -0.688. The molecule has 0 bridgehead atoms. The minimum atomic E-state index is -1.96. The first-order valence-electron chi connectivity index (χ1n) is 22.1. The van der Waals surface area contributed by atoms with Crippen LogP contribution >= 0.6 is 0 Å². The van der Waals surface area contributed by atoms with Crippen molar-refractivity contribution >= 4 is 53.2 Å². The fraction of sp³-hybridized carbons (Fsp3) is 0.404. The Labute approximate surface area is 386 Å². The number of hydrogen-bond donors (Lipinski definition) is 8. The van der Waals surface area contributed by atoms with Gasteiger partial charge in [-0.3, -0.25) is 33.7 Å². The van der Waals surface area contributed by atoms with Crippen molar-refractivity contribution in [3.63, 3.8) is 0 Å². The number of piperidine rings is 1. The maximum absolute atomic E-state index is 13.3. The topological polar surface area (TPSA) is 291 Å². The van der Waals surface area contributed by atoms with E-state index in [1.165, 1.54) is 12.1 Å². The monoisotopic (exact) mass is 926 g/mol. The lowest BCUT2D eigenvalue weighted by Crippen LogP contribution is -2.61. The van der Waals surface area contributed by atoms with Crippen LogP contribution in [0.1, 0.15) is 60.0 Å². The van der Waals surface area contributed by atoms with Crippen molar-refractivity contribution in [2.24, 2.45) is 11.7 Å². The molecule has 6 rings (SSSR count). The summed E-state index contributed by atoms with van der Waals surface area (Å²) in [5, 5.41) is 48.7. The van der Waals surface area contributed by atoms with Crippen LogP contribution in [0.2, 0.25) is 0 Å². The number of carboxylic acid groups (broad SMARTS) is 1. The highest BCUT2D eigenvalue weighted by Gasteiger charge is 2.48. The number of ether oxygens (including phenoxy) is 2. The van der Waals surface area contributed by atoms with E-state index in [9.17, 15) is 54.0 Å². The standard InChI is InChI=1S/C47H55N7O13/c48-26-34(54-38(57)15-16-39(54)58)44(62)50-21-17-37(56)51-33-25-31(11-13-35(33)66-47-42(61)40(59)41(60)43(67-47)46(64)65)28-52-22-6-8-30(27-52)12-14-36(55)49-20-5-4-7-29-18-23-53(24-19-29)45(63)32-9-2-1-3-10-32/h1-3,6,8-16,22,25,27,29,34,40-43,47,59-61H,4-5,7,17-21,23-24,26,28,48H2,(H3-,49,50,51,55,56,62,64,65)/p+1/b14-12+/t34-,40-,41-,42+,43-,47+/m0/s1. The number of carboxylic acids is 1. The Morgan fingerprint density at radius 2 is 1.63 bits per heavy atom. The highest BCUT2D eigenvalue weighted by molar-refractivity contribution is 6.15. The molecule has 1 aromatic heterocycles. The van der Waals surface area contributed by atoms with Crippen molar-refractivity contribution in [2.75, 3.05) is 38.0 Å². The Bertz CT molecular complexity index is 2320. The van der Waals surface area contributed by atoms with Crippen LogP contribution in [-0.2, 0) is 40.0 Å². The molecule has 4 heterocycles. The van der Waals surface area contributed by atoms with Crippen LogP contribution in [0.15, 0.2) is 91.3 Å². The Morgan fingerprint density at radius 3 is 2.33 bits per heavy atom. The molecule has 0 unspecified atom stereocenters. The predicted octanol–water partition coefficient (Wildman–Crippen LogP) is -0.157. The van der Waals surface area contributed by atoms with Crippen LogP contribution in [0.25, 0.3) is 6.08 Å². The maximum Gasteiger partial charge on any atom is 0.335 e. The molecule has 0 aliphatic carbocycles. The number of unbranched alkanes of at least 4 members (excludes halogenated alkanes) is 1. The Kier molecular flexibility index (Phi) is 17.4. The third-order valence-corrected chi connectivity index (χ3v) is 11.6. The largest absolute Gasteiger partial charge is 0.479 e. The smallest absolute Gasteiger partial charge is 0.335 e. The number of aromatic nitrogens is 1. The zero-order valence-electron chi connectivity index (χ0n) is 36.6. The molecule has 0 spiro atoms. The fourth-order valence-corrected chi connectivity index (χ4v) is 7.97. The molecule has 6 atom stereocenters. The van der Waals surface area contributed by atoms with E-state index in [0.29, 0.717) is 34.1 Å². The van der Waals surface area contributed by atoms with Crippen LogP contribution in [-0.4, -0.2) is 141 Å².